The van der Waals surface area contributed by atoms with Crippen LogP contribution in [-0.4, -0.2) is 5.91 Å². The number of hydrogen-bond acceptors (Lipinski definition) is 1. The molecule has 0 bridgehead atoms. The van der Waals surface area contributed by atoms with Gasteiger partial charge >= 0.3 is 0 Å². The molecule has 0 heterocycles. The van der Waals surface area contributed by atoms with E-state index < -0.39 is 0 Å². The molecule has 2 rings (SSSR count). The monoisotopic (exact) mass is 357 g/mol. The fourth-order valence-corrected chi connectivity index (χ4v) is 2.42. The van der Waals surface area contributed by atoms with Gasteiger partial charge < -0.3 is 5.32 Å². The van der Waals surface area contributed by atoms with Crippen LogP contribution in [-0.2, 0) is 11.2 Å². The summed E-state index contributed by atoms with van der Waals surface area (Å²) in [7, 11) is 0. The lowest BCUT2D eigenvalue weighted by Gasteiger charge is -2.07. The van der Waals surface area contributed by atoms with Gasteiger partial charge in [0.15, 0.2) is 0 Å². The number of rotatable bonds is 3. The molecule has 2 aromatic rings. The molecule has 0 unspecified atom stereocenters. The van der Waals surface area contributed by atoms with Crippen LogP contribution in [0.15, 0.2) is 46.9 Å². The first-order valence-corrected chi connectivity index (χ1v) is 7.09. The summed E-state index contributed by atoms with van der Waals surface area (Å²) in [5.41, 5.74) is 1.50. The second kappa shape index (κ2) is 6.42. The van der Waals surface area contributed by atoms with Gasteiger partial charge in [0.25, 0.3) is 0 Å². The molecule has 0 radical (unpaired) electrons. The molecule has 0 aliphatic carbocycles. The minimum absolute atomic E-state index is 0.119. The van der Waals surface area contributed by atoms with E-state index in [9.17, 15) is 4.79 Å². The summed E-state index contributed by atoms with van der Waals surface area (Å²) in [6, 6.07) is 12.5. The molecule has 98 valence electrons. The van der Waals surface area contributed by atoms with Crippen LogP contribution in [0.25, 0.3) is 0 Å². The lowest BCUT2D eigenvalue weighted by molar-refractivity contribution is -0.115. The van der Waals surface area contributed by atoms with Crippen molar-refractivity contribution in [1.29, 1.82) is 0 Å². The summed E-state index contributed by atoms with van der Waals surface area (Å²) in [4.78, 5) is 11.9. The second-order valence-corrected chi connectivity index (χ2v) is 5.73. The molecule has 0 spiro atoms. The average molecular weight is 359 g/mol. The van der Waals surface area contributed by atoms with E-state index in [0.29, 0.717) is 15.7 Å². The number of carbonyl (C=O) groups is 1. The van der Waals surface area contributed by atoms with Crippen molar-refractivity contribution in [1.82, 2.24) is 0 Å². The van der Waals surface area contributed by atoms with Gasteiger partial charge in [0.05, 0.1) is 17.1 Å². The number of anilines is 1. The van der Waals surface area contributed by atoms with Crippen LogP contribution in [0.1, 0.15) is 5.56 Å². The smallest absolute Gasteiger partial charge is 0.228 e. The quantitative estimate of drug-likeness (QED) is 0.827. The Kier molecular flexibility index (Phi) is 4.86. The maximum Gasteiger partial charge on any atom is 0.228 e. The van der Waals surface area contributed by atoms with Crippen LogP contribution < -0.4 is 5.32 Å². The lowest BCUT2D eigenvalue weighted by Crippen LogP contribution is -2.14. The molecule has 2 aromatic carbocycles. The van der Waals surface area contributed by atoms with Crippen LogP contribution in [0.4, 0.5) is 5.69 Å². The molecule has 0 saturated carbocycles. The van der Waals surface area contributed by atoms with E-state index in [4.69, 9.17) is 23.2 Å². The van der Waals surface area contributed by atoms with Crippen LogP contribution >= 0.6 is 39.1 Å². The summed E-state index contributed by atoms with van der Waals surface area (Å²) in [6.45, 7) is 0. The van der Waals surface area contributed by atoms with E-state index in [-0.39, 0.29) is 12.3 Å². The first-order valence-electron chi connectivity index (χ1n) is 5.54. The van der Waals surface area contributed by atoms with E-state index in [1.807, 2.05) is 18.2 Å². The SMILES string of the molecule is O=C(Cc1ccc(Cl)cc1)Nc1ccc(Br)cc1Cl. The van der Waals surface area contributed by atoms with Crippen LogP contribution in [0.3, 0.4) is 0 Å². The molecule has 1 N–H and O–H groups in total. The Balaban J connectivity index is 2.03. The predicted octanol–water partition coefficient (Wildman–Crippen LogP) is 4.94. The Morgan fingerprint density at radius 2 is 1.79 bits per heavy atom. The third-order valence-corrected chi connectivity index (χ3v) is 3.54. The van der Waals surface area contributed by atoms with Crippen molar-refractivity contribution in [3.05, 3.63) is 62.5 Å². The highest BCUT2D eigenvalue weighted by Crippen LogP contribution is 2.25. The third-order valence-electron chi connectivity index (χ3n) is 2.48. The van der Waals surface area contributed by atoms with Gasteiger partial charge in [-0.25, -0.2) is 0 Å². The molecule has 0 aliphatic rings. The molecule has 19 heavy (non-hydrogen) atoms. The van der Waals surface area contributed by atoms with Crippen molar-refractivity contribution in [2.75, 3.05) is 5.32 Å². The fraction of sp³-hybridized carbons (Fsp3) is 0.0714. The molecule has 0 aliphatic heterocycles. The normalized spacial score (nSPS) is 10.3. The first kappa shape index (κ1) is 14.4. The maximum absolute atomic E-state index is 11.9. The summed E-state index contributed by atoms with van der Waals surface area (Å²) < 4.78 is 0.869. The van der Waals surface area contributed by atoms with Gasteiger partial charge in [0, 0.05) is 9.50 Å². The van der Waals surface area contributed by atoms with Crippen LogP contribution in [0.5, 0.6) is 0 Å². The minimum Gasteiger partial charge on any atom is -0.324 e. The predicted molar refractivity (Wildman–Crippen MR) is 82.9 cm³/mol. The summed E-state index contributed by atoms with van der Waals surface area (Å²) in [5, 5.41) is 3.93. The Hall–Kier alpha value is -1.03. The van der Waals surface area contributed by atoms with Crippen molar-refractivity contribution in [2.24, 2.45) is 0 Å². The fourth-order valence-electron chi connectivity index (χ4n) is 1.57. The standard InChI is InChI=1S/C14H10BrCl2NO/c15-10-3-6-13(12(17)8-10)18-14(19)7-9-1-4-11(16)5-2-9/h1-6,8H,7H2,(H,18,19). The van der Waals surface area contributed by atoms with E-state index in [1.165, 1.54) is 0 Å². The Morgan fingerprint density at radius 1 is 1.11 bits per heavy atom. The van der Waals surface area contributed by atoms with Crippen molar-refractivity contribution in [3.63, 3.8) is 0 Å². The van der Waals surface area contributed by atoms with E-state index in [2.05, 4.69) is 21.2 Å². The van der Waals surface area contributed by atoms with E-state index in [1.54, 1.807) is 24.3 Å². The minimum atomic E-state index is -0.119. The number of halogens is 3. The van der Waals surface area contributed by atoms with Crippen molar-refractivity contribution >= 4 is 50.7 Å². The summed E-state index contributed by atoms with van der Waals surface area (Å²) in [5.74, 6) is -0.119. The molecule has 5 heteroatoms. The molecular weight excluding hydrogens is 349 g/mol. The average Bonchev–Trinajstić information content (AvgIpc) is 2.36. The first-order chi connectivity index (χ1) is 9.04. The molecule has 0 aromatic heterocycles. The summed E-state index contributed by atoms with van der Waals surface area (Å²) >= 11 is 15.1. The number of hydrogen-bond donors (Lipinski definition) is 1. The lowest BCUT2D eigenvalue weighted by atomic mass is 10.1. The topological polar surface area (TPSA) is 29.1 Å². The Labute approximate surface area is 129 Å². The molecule has 0 fully saturated rings. The van der Waals surface area contributed by atoms with Gasteiger partial charge in [-0.3, -0.25) is 4.79 Å². The maximum atomic E-state index is 11.9. The van der Waals surface area contributed by atoms with E-state index >= 15 is 0 Å². The molecule has 2 nitrogen and oxygen atoms in total. The second-order valence-electron chi connectivity index (χ2n) is 3.98. The van der Waals surface area contributed by atoms with Gasteiger partial charge in [0.1, 0.15) is 0 Å². The number of nitrogens with one attached hydrogen (secondary N) is 1. The molecule has 0 atom stereocenters. The van der Waals surface area contributed by atoms with Crippen molar-refractivity contribution in [3.8, 4) is 0 Å². The van der Waals surface area contributed by atoms with Gasteiger partial charge in [-0.15, -0.1) is 0 Å². The number of carbonyl (C=O) groups excluding carboxylic acids is 1. The summed E-state index contributed by atoms with van der Waals surface area (Å²) in [6.07, 6.45) is 0.281. The van der Waals surface area contributed by atoms with Crippen LogP contribution in [0.2, 0.25) is 10.0 Å². The molecular formula is C14H10BrCl2NO. The zero-order valence-corrected chi connectivity index (χ0v) is 12.9. The van der Waals surface area contributed by atoms with E-state index in [0.717, 1.165) is 10.0 Å². The largest absolute Gasteiger partial charge is 0.324 e. The van der Waals surface area contributed by atoms with Gasteiger partial charge in [-0.2, -0.15) is 0 Å². The van der Waals surface area contributed by atoms with Crippen molar-refractivity contribution < 1.29 is 4.79 Å². The zero-order valence-electron chi connectivity index (χ0n) is 9.79. The third kappa shape index (κ3) is 4.23. The van der Waals surface area contributed by atoms with Crippen molar-refractivity contribution in [2.45, 2.75) is 6.42 Å². The number of benzene rings is 2. The highest BCUT2D eigenvalue weighted by Gasteiger charge is 2.07. The Morgan fingerprint density at radius 3 is 2.42 bits per heavy atom. The Bertz CT molecular complexity index is 599. The highest BCUT2D eigenvalue weighted by molar-refractivity contribution is 9.10. The number of amides is 1. The van der Waals surface area contributed by atoms with Gasteiger partial charge in [-0.05, 0) is 35.9 Å². The molecule has 0 saturated heterocycles. The zero-order chi connectivity index (χ0) is 13.8. The van der Waals surface area contributed by atoms with Gasteiger partial charge in [0.2, 0.25) is 5.91 Å². The van der Waals surface area contributed by atoms with Crippen LogP contribution in [0, 0.1) is 0 Å². The van der Waals surface area contributed by atoms with Gasteiger partial charge in [-0.1, -0.05) is 51.3 Å². The molecule has 1 amide bonds. The highest BCUT2D eigenvalue weighted by atomic mass is 79.9.